The normalized spacial score (nSPS) is 17.4. The number of carbonyl (C=O) groups excluding carboxylic acids is 1. The lowest BCUT2D eigenvalue weighted by molar-refractivity contribution is -0.121. The van der Waals surface area contributed by atoms with Crippen LogP contribution >= 0.6 is 23.7 Å². The molecule has 6 nitrogen and oxygen atoms in total. The first-order valence-corrected chi connectivity index (χ1v) is 8.05. The third-order valence-corrected chi connectivity index (χ3v) is 4.56. The van der Waals surface area contributed by atoms with Crippen LogP contribution in [-0.2, 0) is 11.3 Å². The van der Waals surface area contributed by atoms with Crippen LogP contribution in [-0.4, -0.2) is 34.6 Å². The van der Waals surface area contributed by atoms with Gasteiger partial charge in [0.15, 0.2) is 0 Å². The van der Waals surface area contributed by atoms with E-state index in [1.54, 1.807) is 6.07 Å². The summed E-state index contributed by atoms with van der Waals surface area (Å²) in [4.78, 5) is 29.0. The number of nitrogens with one attached hydrogen (secondary N) is 2. The summed E-state index contributed by atoms with van der Waals surface area (Å²) in [6.07, 6.45) is 4.09. The molecule has 0 radical (unpaired) electrons. The smallest absolute Gasteiger partial charge is 0.262 e. The number of hydrogen-bond donors (Lipinski definition) is 2. The number of halogens is 1. The molecule has 0 aliphatic carbocycles. The molecule has 22 heavy (non-hydrogen) atoms. The van der Waals surface area contributed by atoms with E-state index in [1.165, 1.54) is 28.7 Å². The van der Waals surface area contributed by atoms with Gasteiger partial charge < -0.3 is 10.6 Å². The first kappa shape index (κ1) is 16.9. The standard InChI is InChI=1S/C14H18N4O2S.ClH/c19-12(16-8-10-2-1-5-15-10)3-6-18-9-17-13-11(14(18)20)4-7-21-13;/h4,7,9-10,15H,1-3,5-6,8H2,(H,16,19);1H. The lowest BCUT2D eigenvalue weighted by Gasteiger charge is -2.11. The SMILES string of the molecule is Cl.O=C(CCn1cnc2sccc2c1=O)NCC1CCCN1. The number of aryl methyl sites for hydroxylation is 1. The zero-order valence-electron chi connectivity index (χ0n) is 12.1. The minimum atomic E-state index is -0.0773. The Kier molecular flexibility index (Phi) is 5.93. The van der Waals surface area contributed by atoms with Gasteiger partial charge in [-0.15, -0.1) is 23.7 Å². The molecular weight excluding hydrogens is 324 g/mol. The van der Waals surface area contributed by atoms with Crippen molar-refractivity contribution in [2.75, 3.05) is 13.1 Å². The van der Waals surface area contributed by atoms with Gasteiger partial charge in [-0.25, -0.2) is 4.98 Å². The van der Waals surface area contributed by atoms with Crippen molar-refractivity contribution in [3.05, 3.63) is 28.1 Å². The number of fused-ring (bicyclic) bond motifs is 1. The molecule has 0 bridgehead atoms. The van der Waals surface area contributed by atoms with Crippen LogP contribution in [0.1, 0.15) is 19.3 Å². The lowest BCUT2D eigenvalue weighted by Crippen LogP contribution is -2.37. The van der Waals surface area contributed by atoms with Gasteiger partial charge in [-0.2, -0.15) is 0 Å². The summed E-state index contributed by atoms with van der Waals surface area (Å²) in [6.45, 7) is 2.05. The summed E-state index contributed by atoms with van der Waals surface area (Å²) in [7, 11) is 0. The number of rotatable bonds is 5. The average Bonchev–Trinajstić information content (AvgIpc) is 3.15. The number of thiophene rings is 1. The van der Waals surface area contributed by atoms with Gasteiger partial charge in [0.25, 0.3) is 5.56 Å². The zero-order chi connectivity index (χ0) is 14.7. The summed E-state index contributed by atoms with van der Waals surface area (Å²) in [5.74, 6) is -0.0268. The van der Waals surface area contributed by atoms with Crippen LogP contribution in [0.2, 0.25) is 0 Å². The Hall–Kier alpha value is -1.44. The topological polar surface area (TPSA) is 76.0 Å². The van der Waals surface area contributed by atoms with Crippen LogP contribution in [0.15, 0.2) is 22.6 Å². The van der Waals surface area contributed by atoms with Crippen LogP contribution in [0.3, 0.4) is 0 Å². The quantitative estimate of drug-likeness (QED) is 0.854. The molecule has 1 saturated heterocycles. The molecule has 0 aromatic carbocycles. The molecular formula is C14H19ClN4O2S. The first-order valence-electron chi connectivity index (χ1n) is 7.17. The van der Waals surface area contributed by atoms with E-state index in [2.05, 4.69) is 15.6 Å². The summed E-state index contributed by atoms with van der Waals surface area (Å²) in [6, 6.07) is 2.16. The number of amides is 1. The Morgan fingerprint density at radius 2 is 2.41 bits per heavy atom. The van der Waals surface area contributed by atoms with Crippen molar-refractivity contribution in [1.29, 1.82) is 0 Å². The van der Waals surface area contributed by atoms with Crippen LogP contribution in [0.5, 0.6) is 0 Å². The average molecular weight is 343 g/mol. The summed E-state index contributed by atoms with van der Waals surface area (Å²) in [5.41, 5.74) is -0.0773. The predicted octanol–water partition coefficient (Wildman–Crippen LogP) is 1.14. The number of aromatic nitrogens is 2. The Bertz CT molecular complexity index is 693. The molecule has 1 aliphatic rings. The largest absolute Gasteiger partial charge is 0.354 e. The maximum absolute atomic E-state index is 12.2. The van der Waals surface area contributed by atoms with Crippen molar-refractivity contribution in [2.45, 2.75) is 31.8 Å². The summed E-state index contributed by atoms with van der Waals surface area (Å²) >= 11 is 1.45. The van der Waals surface area contributed by atoms with Gasteiger partial charge >= 0.3 is 0 Å². The Morgan fingerprint density at radius 1 is 1.55 bits per heavy atom. The minimum Gasteiger partial charge on any atom is -0.354 e. The fourth-order valence-corrected chi connectivity index (χ4v) is 3.25. The highest BCUT2D eigenvalue weighted by Crippen LogP contribution is 2.13. The van der Waals surface area contributed by atoms with Crippen molar-refractivity contribution in [3.63, 3.8) is 0 Å². The molecule has 120 valence electrons. The molecule has 2 N–H and O–H groups in total. The Morgan fingerprint density at radius 3 is 3.18 bits per heavy atom. The van der Waals surface area contributed by atoms with E-state index < -0.39 is 0 Å². The second-order valence-electron chi connectivity index (χ2n) is 5.23. The molecule has 1 amide bonds. The molecule has 0 spiro atoms. The zero-order valence-corrected chi connectivity index (χ0v) is 13.7. The van der Waals surface area contributed by atoms with Crippen molar-refractivity contribution < 1.29 is 4.79 Å². The van der Waals surface area contributed by atoms with Gasteiger partial charge in [0.05, 0.1) is 11.7 Å². The summed E-state index contributed by atoms with van der Waals surface area (Å²) < 4.78 is 1.50. The second kappa shape index (κ2) is 7.71. The van der Waals surface area contributed by atoms with Crippen molar-refractivity contribution in [1.82, 2.24) is 20.2 Å². The molecule has 2 aromatic rings. The monoisotopic (exact) mass is 342 g/mol. The van der Waals surface area contributed by atoms with Gasteiger partial charge in [0, 0.05) is 25.6 Å². The van der Waals surface area contributed by atoms with Crippen molar-refractivity contribution in [3.8, 4) is 0 Å². The van der Waals surface area contributed by atoms with E-state index in [0.717, 1.165) is 17.8 Å². The van der Waals surface area contributed by atoms with Gasteiger partial charge in [-0.3, -0.25) is 14.2 Å². The van der Waals surface area contributed by atoms with Crippen molar-refractivity contribution >= 4 is 39.9 Å². The number of hydrogen-bond acceptors (Lipinski definition) is 5. The third-order valence-electron chi connectivity index (χ3n) is 3.74. The highest BCUT2D eigenvalue weighted by Gasteiger charge is 2.14. The maximum Gasteiger partial charge on any atom is 0.262 e. The van der Waals surface area contributed by atoms with Gasteiger partial charge in [-0.05, 0) is 30.8 Å². The van der Waals surface area contributed by atoms with Gasteiger partial charge in [-0.1, -0.05) is 0 Å². The molecule has 1 aliphatic heterocycles. The number of nitrogens with zero attached hydrogens (tertiary/aromatic N) is 2. The van der Waals surface area contributed by atoms with E-state index in [4.69, 9.17) is 0 Å². The van der Waals surface area contributed by atoms with Gasteiger partial charge in [0.1, 0.15) is 4.83 Å². The molecule has 8 heteroatoms. The summed E-state index contributed by atoms with van der Waals surface area (Å²) in [5, 5.41) is 8.72. The Balaban J connectivity index is 0.00000176. The Labute approximate surface area is 138 Å². The molecule has 2 aromatic heterocycles. The highest BCUT2D eigenvalue weighted by atomic mass is 35.5. The van der Waals surface area contributed by atoms with E-state index in [9.17, 15) is 9.59 Å². The number of carbonyl (C=O) groups is 1. The fourth-order valence-electron chi connectivity index (χ4n) is 2.53. The van der Waals surface area contributed by atoms with E-state index in [0.29, 0.717) is 30.9 Å². The molecule has 1 unspecified atom stereocenters. The fraction of sp³-hybridized carbons (Fsp3) is 0.500. The second-order valence-corrected chi connectivity index (χ2v) is 6.12. The van der Waals surface area contributed by atoms with E-state index in [1.807, 2.05) is 5.38 Å². The highest BCUT2D eigenvalue weighted by molar-refractivity contribution is 7.16. The predicted molar refractivity (Wildman–Crippen MR) is 89.8 cm³/mol. The van der Waals surface area contributed by atoms with Crippen LogP contribution in [0, 0.1) is 0 Å². The van der Waals surface area contributed by atoms with E-state index in [-0.39, 0.29) is 23.9 Å². The third kappa shape index (κ3) is 3.85. The van der Waals surface area contributed by atoms with Crippen LogP contribution in [0.4, 0.5) is 0 Å². The molecule has 3 heterocycles. The molecule has 1 fully saturated rings. The van der Waals surface area contributed by atoms with E-state index >= 15 is 0 Å². The maximum atomic E-state index is 12.2. The minimum absolute atomic E-state index is 0. The van der Waals surface area contributed by atoms with Crippen LogP contribution < -0.4 is 16.2 Å². The molecule has 3 rings (SSSR count). The first-order chi connectivity index (χ1) is 10.2. The van der Waals surface area contributed by atoms with Crippen LogP contribution in [0.25, 0.3) is 10.2 Å². The van der Waals surface area contributed by atoms with Gasteiger partial charge in [0.2, 0.25) is 5.91 Å². The lowest BCUT2D eigenvalue weighted by atomic mass is 10.2. The van der Waals surface area contributed by atoms with Crippen molar-refractivity contribution in [2.24, 2.45) is 0 Å². The molecule has 0 saturated carbocycles. The molecule has 1 atom stereocenters.